The number of amides is 1. The molecule has 0 fully saturated rings. The van der Waals surface area contributed by atoms with Gasteiger partial charge in [0, 0.05) is 6.54 Å². The van der Waals surface area contributed by atoms with Crippen LogP contribution >= 0.6 is 0 Å². The third-order valence-electron chi connectivity index (χ3n) is 4.13. The molecule has 3 aromatic rings. The van der Waals surface area contributed by atoms with Gasteiger partial charge in [-0.1, -0.05) is 30.3 Å². The van der Waals surface area contributed by atoms with E-state index in [4.69, 9.17) is 4.74 Å². The van der Waals surface area contributed by atoms with E-state index in [2.05, 4.69) is 11.4 Å². The van der Waals surface area contributed by atoms with Crippen LogP contribution in [0.4, 0.5) is 10.1 Å². The van der Waals surface area contributed by atoms with Gasteiger partial charge < -0.3 is 10.1 Å². The van der Waals surface area contributed by atoms with Gasteiger partial charge in [-0.25, -0.2) is 4.39 Å². The van der Waals surface area contributed by atoms with Crippen LogP contribution in [-0.4, -0.2) is 31.5 Å². The Bertz CT molecular complexity index is 927. The van der Waals surface area contributed by atoms with E-state index in [0.29, 0.717) is 6.54 Å². The van der Waals surface area contributed by atoms with Gasteiger partial charge >= 0.3 is 0 Å². The summed E-state index contributed by atoms with van der Waals surface area (Å²) >= 11 is 0. The van der Waals surface area contributed by atoms with Gasteiger partial charge in [-0.15, -0.1) is 0 Å². The number of carbonyl (C=O) groups excluding carboxylic acids is 1. The molecular formula is C21H21FN2O2. The summed E-state index contributed by atoms with van der Waals surface area (Å²) in [6.07, 6.45) is 0. The van der Waals surface area contributed by atoms with E-state index in [-0.39, 0.29) is 18.1 Å². The molecule has 0 bridgehead atoms. The van der Waals surface area contributed by atoms with E-state index in [1.807, 2.05) is 42.3 Å². The third kappa shape index (κ3) is 4.37. The number of hydrogen-bond acceptors (Lipinski definition) is 3. The summed E-state index contributed by atoms with van der Waals surface area (Å²) in [5.74, 6) is 0.142. The Kier molecular flexibility index (Phi) is 5.49. The second kappa shape index (κ2) is 7.97. The maximum absolute atomic E-state index is 13.6. The predicted octanol–water partition coefficient (Wildman–Crippen LogP) is 4.06. The number of likely N-dealkylation sites (N-methyl/N-ethyl adjacent to an activating group) is 1. The molecule has 0 saturated heterocycles. The second-order valence-electron chi connectivity index (χ2n) is 6.25. The number of benzene rings is 3. The van der Waals surface area contributed by atoms with Crippen LogP contribution in [-0.2, 0) is 11.3 Å². The van der Waals surface area contributed by atoms with Crippen molar-refractivity contribution in [1.82, 2.24) is 4.90 Å². The average molecular weight is 352 g/mol. The highest BCUT2D eigenvalue weighted by Crippen LogP contribution is 2.22. The molecule has 1 N–H and O–H groups in total. The van der Waals surface area contributed by atoms with Crippen LogP contribution in [0.25, 0.3) is 10.8 Å². The van der Waals surface area contributed by atoms with Crippen molar-refractivity contribution >= 4 is 22.4 Å². The molecule has 1 amide bonds. The van der Waals surface area contributed by atoms with Gasteiger partial charge in [-0.2, -0.15) is 0 Å². The highest BCUT2D eigenvalue weighted by atomic mass is 19.1. The van der Waals surface area contributed by atoms with Crippen molar-refractivity contribution in [3.63, 3.8) is 0 Å². The summed E-state index contributed by atoms with van der Waals surface area (Å²) in [4.78, 5) is 14.0. The van der Waals surface area contributed by atoms with E-state index >= 15 is 0 Å². The number of para-hydroxylation sites is 1. The summed E-state index contributed by atoms with van der Waals surface area (Å²) < 4.78 is 18.8. The molecule has 0 aromatic heterocycles. The summed E-state index contributed by atoms with van der Waals surface area (Å²) in [5.41, 5.74) is 1.30. The number of nitrogens with zero attached hydrogens (tertiary/aromatic N) is 1. The molecule has 0 aliphatic carbocycles. The van der Waals surface area contributed by atoms with Gasteiger partial charge in [0.1, 0.15) is 11.6 Å². The zero-order valence-corrected chi connectivity index (χ0v) is 14.8. The molecule has 0 atom stereocenters. The number of fused-ring (bicyclic) bond motifs is 1. The van der Waals surface area contributed by atoms with Crippen LogP contribution < -0.4 is 10.1 Å². The van der Waals surface area contributed by atoms with Gasteiger partial charge in [-0.05, 0) is 53.7 Å². The van der Waals surface area contributed by atoms with E-state index in [9.17, 15) is 9.18 Å². The van der Waals surface area contributed by atoms with E-state index in [1.165, 1.54) is 6.07 Å². The van der Waals surface area contributed by atoms with Crippen LogP contribution in [0.1, 0.15) is 5.56 Å². The number of halogens is 1. The molecular weight excluding hydrogens is 331 g/mol. The Morgan fingerprint density at radius 2 is 1.81 bits per heavy atom. The van der Waals surface area contributed by atoms with Crippen LogP contribution in [0.5, 0.6) is 5.75 Å². The molecule has 0 unspecified atom stereocenters. The predicted molar refractivity (Wildman–Crippen MR) is 102 cm³/mol. The lowest BCUT2D eigenvalue weighted by molar-refractivity contribution is -0.117. The molecule has 0 heterocycles. The maximum Gasteiger partial charge on any atom is 0.238 e. The van der Waals surface area contributed by atoms with Gasteiger partial charge in [0.05, 0.1) is 19.3 Å². The fraction of sp³-hybridized carbons (Fsp3) is 0.190. The SMILES string of the molecule is COc1ccc2cc(CN(C)CC(=O)Nc3ccccc3F)ccc2c1. The first-order valence-corrected chi connectivity index (χ1v) is 8.35. The smallest absolute Gasteiger partial charge is 0.238 e. The molecule has 134 valence electrons. The van der Waals surface area contributed by atoms with Crippen molar-refractivity contribution in [1.29, 1.82) is 0 Å². The van der Waals surface area contributed by atoms with Crippen LogP contribution in [0.3, 0.4) is 0 Å². The molecule has 0 radical (unpaired) electrons. The third-order valence-corrected chi connectivity index (χ3v) is 4.13. The van der Waals surface area contributed by atoms with E-state index < -0.39 is 5.82 Å². The van der Waals surface area contributed by atoms with Crippen molar-refractivity contribution in [2.75, 3.05) is 26.0 Å². The van der Waals surface area contributed by atoms with E-state index in [1.54, 1.807) is 25.3 Å². The highest BCUT2D eigenvalue weighted by Gasteiger charge is 2.10. The summed E-state index contributed by atoms with van der Waals surface area (Å²) in [6, 6.07) is 18.3. The molecule has 26 heavy (non-hydrogen) atoms. The molecule has 0 aliphatic heterocycles. The van der Waals surface area contributed by atoms with Crippen molar-refractivity contribution < 1.29 is 13.9 Å². The molecule has 0 spiro atoms. The fourth-order valence-corrected chi connectivity index (χ4v) is 2.86. The zero-order valence-electron chi connectivity index (χ0n) is 14.8. The number of anilines is 1. The quantitative estimate of drug-likeness (QED) is 0.727. The molecule has 3 aromatic carbocycles. The molecule has 0 saturated carbocycles. The maximum atomic E-state index is 13.6. The number of methoxy groups -OCH3 is 1. The monoisotopic (exact) mass is 352 g/mol. The Morgan fingerprint density at radius 1 is 1.08 bits per heavy atom. The molecule has 4 nitrogen and oxygen atoms in total. The molecule has 3 rings (SSSR count). The lowest BCUT2D eigenvalue weighted by Crippen LogP contribution is -2.30. The van der Waals surface area contributed by atoms with Crippen molar-refractivity contribution in [3.05, 3.63) is 72.0 Å². The van der Waals surface area contributed by atoms with Gasteiger partial charge in [0.2, 0.25) is 5.91 Å². The minimum atomic E-state index is -0.437. The second-order valence-corrected chi connectivity index (χ2v) is 6.25. The lowest BCUT2D eigenvalue weighted by atomic mass is 10.1. The first kappa shape index (κ1) is 17.9. The number of nitrogens with one attached hydrogen (secondary N) is 1. The normalized spacial score (nSPS) is 10.9. The van der Waals surface area contributed by atoms with Gasteiger partial charge in [0.15, 0.2) is 0 Å². The highest BCUT2D eigenvalue weighted by molar-refractivity contribution is 5.92. The average Bonchev–Trinajstić information content (AvgIpc) is 2.63. The number of rotatable bonds is 6. The van der Waals surface area contributed by atoms with Crippen molar-refractivity contribution in [3.8, 4) is 5.75 Å². The topological polar surface area (TPSA) is 41.6 Å². The Labute approximate surface area is 152 Å². The first-order chi connectivity index (χ1) is 12.5. The summed E-state index contributed by atoms with van der Waals surface area (Å²) in [5, 5.41) is 4.82. The minimum absolute atomic E-state index is 0.176. The van der Waals surface area contributed by atoms with Crippen LogP contribution in [0, 0.1) is 5.82 Å². The Morgan fingerprint density at radius 3 is 2.58 bits per heavy atom. The molecule has 0 aliphatic rings. The first-order valence-electron chi connectivity index (χ1n) is 8.35. The number of hydrogen-bond donors (Lipinski definition) is 1. The minimum Gasteiger partial charge on any atom is -0.497 e. The fourth-order valence-electron chi connectivity index (χ4n) is 2.86. The van der Waals surface area contributed by atoms with Crippen molar-refractivity contribution in [2.24, 2.45) is 0 Å². The van der Waals surface area contributed by atoms with Crippen molar-refractivity contribution in [2.45, 2.75) is 6.54 Å². The van der Waals surface area contributed by atoms with E-state index in [0.717, 1.165) is 22.1 Å². The Balaban J connectivity index is 1.62. The standard InChI is InChI=1S/C21H21FN2O2/c1-24(14-21(25)23-20-6-4-3-5-19(20)22)13-15-7-8-17-12-18(26-2)10-9-16(17)11-15/h3-12H,13-14H2,1-2H3,(H,23,25). The number of carbonyl (C=O) groups is 1. The summed E-state index contributed by atoms with van der Waals surface area (Å²) in [7, 11) is 3.51. The lowest BCUT2D eigenvalue weighted by Gasteiger charge is -2.17. The zero-order chi connectivity index (χ0) is 18.5. The summed E-state index contributed by atoms with van der Waals surface area (Å²) in [6.45, 7) is 0.793. The van der Waals surface area contributed by atoms with Crippen LogP contribution in [0.2, 0.25) is 0 Å². The van der Waals surface area contributed by atoms with Crippen LogP contribution in [0.15, 0.2) is 60.7 Å². The Hall–Kier alpha value is -2.92. The molecule has 5 heteroatoms. The van der Waals surface area contributed by atoms with Gasteiger partial charge in [-0.3, -0.25) is 9.69 Å². The van der Waals surface area contributed by atoms with Gasteiger partial charge in [0.25, 0.3) is 0 Å². The number of ether oxygens (including phenoxy) is 1. The largest absolute Gasteiger partial charge is 0.497 e.